The number of nitro benzene ring substituents is 1. The van der Waals surface area contributed by atoms with Gasteiger partial charge in [0.2, 0.25) is 10.0 Å². The van der Waals surface area contributed by atoms with E-state index in [1.807, 2.05) is 0 Å². The number of hydrogen-bond donors (Lipinski definition) is 2. The van der Waals surface area contributed by atoms with Crippen molar-refractivity contribution in [3.8, 4) is 0 Å². The van der Waals surface area contributed by atoms with Crippen molar-refractivity contribution < 1.29 is 18.4 Å². The largest absolute Gasteiger partial charge is 0.395 e. The van der Waals surface area contributed by atoms with Crippen LogP contribution in [0.1, 0.15) is 19.3 Å². The normalized spacial score (nSPS) is 20.3. The van der Waals surface area contributed by atoms with Crippen LogP contribution >= 0.6 is 0 Å². The van der Waals surface area contributed by atoms with Crippen molar-refractivity contribution in [2.45, 2.75) is 30.2 Å². The van der Waals surface area contributed by atoms with Crippen LogP contribution in [0.4, 0.5) is 11.4 Å². The molecule has 1 aliphatic heterocycles. The molecule has 1 aromatic carbocycles. The molecule has 0 aromatic heterocycles. The van der Waals surface area contributed by atoms with E-state index < -0.39 is 21.0 Å². The SMILES string of the molecule is Nc1cc(S(=O)(=O)N2CCCCC2CO)ccc1[N+](=O)[O-]. The lowest BCUT2D eigenvalue weighted by Crippen LogP contribution is -2.45. The summed E-state index contributed by atoms with van der Waals surface area (Å²) in [5.74, 6) is 0. The molecule has 1 atom stereocenters. The van der Waals surface area contributed by atoms with Crippen LogP contribution in [0.25, 0.3) is 0 Å². The van der Waals surface area contributed by atoms with E-state index in [-0.39, 0.29) is 22.9 Å². The zero-order chi connectivity index (χ0) is 15.6. The molecule has 1 aliphatic rings. The maximum absolute atomic E-state index is 12.6. The van der Waals surface area contributed by atoms with Crippen molar-refractivity contribution in [1.82, 2.24) is 4.31 Å². The summed E-state index contributed by atoms with van der Waals surface area (Å²) in [5, 5.41) is 20.0. The van der Waals surface area contributed by atoms with Gasteiger partial charge >= 0.3 is 0 Å². The molecule has 2 rings (SSSR count). The van der Waals surface area contributed by atoms with Crippen LogP contribution in [0.15, 0.2) is 23.1 Å². The van der Waals surface area contributed by atoms with Gasteiger partial charge in [-0.05, 0) is 25.0 Å². The Morgan fingerprint density at radius 1 is 1.43 bits per heavy atom. The van der Waals surface area contributed by atoms with E-state index in [0.29, 0.717) is 13.0 Å². The van der Waals surface area contributed by atoms with Gasteiger partial charge in [-0.15, -0.1) is 0 Å². The zero-order valence-corrected chi connectivity index (χ0v) is 12.1. The number of rotatable bonds is 4. The van der Waals surface area contributed by atoms with Gasteiger partial charge in [-0.2, -0.15) is 4.31 Å². The van der Waals surface area contributed by atoms with E-state index in [1.54, 1.807) is 0 Å². The first-order valence-electron chi connectivity index (χ1n) is 6.54. The minimum atomic E-state index is -3.82. The number of nitrogen functional groups attached to an aromatic ring is 1. The summed E-state index contributed by atoms with van der Waals surface area (Å²) in [4.78, 5) is 9.96. The third kappa shape index (κ3) is 2.99. The predicted molar refractivity (Wildman–Crippen MR) is 76.1 cm³/mol. The number of nitrogens with two attached hydrogens (primary N) is 1. The fraction of sp³-hybridized carbons (Fsp3) is 0.500. The van der Waals surface area contributed by atoms with E-state index in [2.05, 4.69) is 0 Å². The predicted octanol–water partition coefficient (Wildman–Crippen LogP) is 0.712. The lowest BCUT2D eigenvalue weighted by atomic mass is 10.1. The topological polar surface area (TPSA) is 127 Å². The number of piperidine rings is 1. The highest BCUT2D eigenvalue weighted by Gasteiger charge is 2.33. The minimum absolute atomic E-state index is 0.0917. The Balaban J connectivity index is 2.39. The summed E-state index contributed by atoms with van der Waals surface area (Å²) < 4.78 is 26.4. The summed E-state index contributed by atoms with van der Waals surface area (Å²) >= 11 is 0. The maximum Gasteiger partial charge on any atom is 0.292 e. The van der Waals surface area contributed by atoms with E-state index >= 15 is 0 Å². The molecule has 1 unspecified atom stereocenters. The van der Waals surface area contributed by atoms with Gasteiger partial charge in [0.15, 0.2) is 0 Å². The summed E-state index contributed by atoms with van der Waals surface area (Å²) in [6.45, 7) is 0.0755. The first-order chi connectivity index (χ1) is 9.87. The van der Waals surface area contributed by atoms with Gasteiger partial charge in [-0.25, -0.2) is 8.42 Å². The maximum atomic E-state index is 12.6. The third-order valence-corrected chi connectivity index (χ3v) is 5.53. The van der Waals surface area contributed by atoms with E-state index in [1.165, 1.54) is 10.4 Å². The molecule has 0 aliphatic carbocycles. The fourth-order valence-corrected chi connectivity index (χ4v) is 4.19. The minimum Gasteiger partial charge on any atom is -0.395 e. The molecule has 0 amide bonds. The lowest BCUT2D eigenvalue weighted by Gasteiger charge is -2.33. The van der Waals surface area contributed by atoms with Crippen molar-refractivity contribution >= 4 is 21.4 Å². The van der Waals surface area contributed by atoms with Crippen molar-refractivity contribution in [3.63, 3.8) is 0 Å². The standard InChI is InChI=1S/C12H17N3O5S/c13-11-7-10(4-5-12(11)15(17)18)21(19,20)14-6-2-1-3-9(14)8-16/h4-5,7,9,16H,1-3,6,8,13H2. The quantitative estimate of drug-likeness (QED) is 0.478. The molecular weight excluding hydrogens is 298 g/mol. The molecule has 116 valence electrons. The second-order valence-corrected chi connectivity index (χ2v) is 6.82. The van der Waals surface area contributed by atoms with Gasteiger partial charge < -0.3 is 10.8 Å². The zero-order valence-electron chi connectivity index (χ0n) is 11.3. The number of aliphatic hydroxyl groups is 1. The highest BCUT2D eigenvalue weighted by molar-refractivity contribution is 7.89. The molecule has 1 saturated heterocycles. The molecule has 0 bridgehead atoms. The second kappa shape index (κ2) is 5.96. The van der Waals surface area contributed by atoms with E-state index in [4.69, 9.17) is 5.73 Å². The van der Waals surface area contributed by atoms with Gasteiger partial charge in [-0.1, -0.05) is 6.42 Å². The summed E-state index contributed by atoms with van der Waals surface area (Å²) in [7, 11) is -3.82. The molecule has 0 spiro atoms. The Kier molecular flexibility index (Phi) is 4.45. The van der Waals surface area contributed by atoms with Crippen LogP contribution in [0.5, 0.6) is 0 Å². The number of hydrogen-bond acceptors (Lipinski definition) is 6. The monoisotopic (exact) mass is 315 g/mol. The third-order valence-electron chi connectivity index (χ3n) is 3.59. The number of aliphatic hydroxyl groups excluding tert-OH is 1. The molecule has 3 N–H and O–H groups in total. The molecule has 8 nitrogen and oxygen atoms in total. The summed E-state index contributed by atoms with van der Waals surface area (Å²) in [6.07, 6.45) is 2.18. The average molecular weight is 315 g/mol. The van der Waals surface area contributed by atoms with E-state index in [9.17, 15) is 23.6 Å². The number of benzene rings is 1. The highest BCUT2D eigenvalue weighted by Crippen LogP contribution is 2.29. The number of anilines is 1. The molecule has 21 heavy (non-hydrogen) atoms. The molecule has 1 aromatic rings. The molecule has 0 radical (unpaired) electrons. The van der Waals surface area contributed by atoms with Crippen LogP contribution in [0.3, 0.4) is 0 Å². The van der Waals surface area contributed by atoms with Crippen molar-refractivity contribution in [1.29, 1.82) is 0 Å². The van der Waals surface area contributed by atoms with Crippen LogP contribution in [-0.2, 0) is 10.0 Å². The number of sulfonamides is 1. The molecule has 9 heteroatoms. The first-order valence-corrected chi connectivity index (χ1v) is 7.98. The Morgan fingerprint density at radius 2 is 2.14 bits per heavy atom. The molecule has 1 fully saturated rings. The van der Waals surface area contributed by atoms with Crippen molar-refractivity contribution in [3.05, 3.63) is 28.3 Å². The highest BCUT2D eigenvalue weighted by atomic mass is 32.2. The molecular formula is C12H17N3O5S. The van der Waals surface area contributed by atoms with Gasteiger partial charge in [0.25, 0.3) is 5.69 Å². The van der Waals surface area contributed by atoms with E-state index in [0.717, 1.165) is 25.0 Å². The Bertz CT molecular complexity index is 646. The van der Waals surface area contributed by atoms with Gasteiger partial charge in [0, 0.05) is 18.7 Å². The average Bonchev–Trinajstić information content (AvgIpc) is 2.46. The van der Waals surface area contributed by atoms with Gasteiger partial charge in [0.05, 0.1) is 16.4 Å². The number of nitrogens with zero attached hydrogens (tertiary/aromatic N) is 2. The van der Waals surface area contributed by atoms with Crippen LogP contribution < -0.4 is 5.73 Å². The van der Waals surface area contributed by atoms with Crippen LogP contribution in [0, 0.1) is 10.1 Å². The summed E-state index contributed by atoms with van der Waals surface area (Å²) in [5.41, 5.74) is 5.02. The Labute approximate surface area is 122 Å². The molecule has 0 saturated carbocycles. The van der Waals surface area contributed by atoms with Gasteiger partial charge in [-0.3, -0.25) is 10.1 Å². The van der Waals surface area contributed by atoms with Crippen molar-refractivity contribution in [2.75, 3.05) is 18.9 Å². The molecule has 1 heterocycles. The van der Waals surface area contributed by atoms with Gasteiger partial charge in [0.1, 0.15) is 5.69 Å². The second-order valence-electron chi connectivity index (χ2n) is 4.93. The first kappa shape index (κ1) is 15.7. The van der Waals surface area contributed by atoms with Crippen LogP contribution in [-0.4, -0.2) is 41.9 Å². The Hall–Kier alpha value is -1.71. The Morgan fingerprint density at radius 3 is 2.71 bits per heavy atom. The summed E-state index contributed by atoms with van der Waals surface area (Å²) in [6, 6.07) is 2.89. The fourth-order valence-electron chi connectivity index (χ4n) is 2.47. The van der Waals surface area contributed by atoms with Crippen molar-refractivity contribution in [2.24, 2.45) is 0 Å². The number of nitro groups is 1. The lowest BCUT2D eigenvalue weighted by molar-refractivity contribution is -0.383. The van der Waals surface area contributed by atoms with Crippen LogP contribution in [0.2, 0.25) is 0 Å². The smallest absolute Gasteiger partial charge is 0.292 e.